The third-order valence-corrected chi connectivity index (χ3v) is 5.66. The van der Waals surface area contributed by atoms with Crippen LogP contribution in [0, 0.1) is 0 Å². The van der Waals surface area contributed by atoms with E-state index < -0.39 is 6.04 Å². The molecule has 1 heterocycles. The van der Waals surface area contributed by atoms with Gasteiger partial charge in [-0.25, -0.2) is 4.79 Å². The van der Waals surface area contributed by atoms with Gasteiger partial charge in [0.1, 0.15) is 12.8 Å². The highest BCUT2D eigenvalue weighted by Crippen LogP contribution is 2.22. The number of halogens is 1. The van der Waals surface area contributed by atoms with Crippen molar-refractivity contribution in [2.24, 2.45) is 0 Å². The molecule has 1 unspecified atom stereocenters. The topological polar surface area (TPSA) is 61.9 Å². The second kappa shape index (κ2) is 8.93. The normalized spacial score (nSPS) is 23.3. The van der Waals surface area contributed by atoms with Crippen LogP contribution in [0.1, 0.15) is 44.6 Å². The van der Waals surface area contributed by atoms with Gasteiger partial charge in [0.2, 0.25) is 5.91 Å². The molecule has 1 aliphatic heterocycles. The average Bonchev–Trinajstić information content (AvgIpc) is 3.05. The summed E-state index contributed by atoms with van der Waals surface area (Å²) in [5.74, 6) is -0.117. The highest BCUT2D eigenvalue weighted by atomic mass is 35.5. The molecule has 3 amide bonds. The predicted molar refractivity (Wildman–Crippen MR) is 104 cm³/mol. The molecule has 0 spiro atoms. The molecule has 6 nitrogen and oxygen atoms in total. The SMILES string of the molecule is C[C@H]1OCN(C(=O)NC2CCCCC2)C1C(=O)N(C)Cc1ccc(Cl)cc1. The van der Waals surface area contributed by atoms with Gasteiger partial charge in [-0.05, 0) is 37.5 Å². The summed E-state index contributed by atoms with van der Waals surface area (Å²) in [5.41, 5.74) is 0.986. The molecule has 2 atom stereocenters. The largest absolute Gasteiger partial charge is 0.355 e. The van der Waals surface area contributed by atoms with E-state index in [0.29, 0.717) is 11.6 Å². The zero-order chi connectivity index (χ0) is 19.4. The van der Waals surface area contributed by atoms with Gasteiger partial charge in [0.15, 0.2) is 0 Å². The lowest BCUT2D eigenvalue weighted by Crippen LogP contribution is -2.54. The summed E-state index contributed by atoms with van der Waals surface area (Å²) in [6, 6.07) is 6.80. The van der Waals surface area contributed by atoms with Crippen molar-refractivity contribution in [2.75, 3.05) is 13.8 Å². The summed E-state index contributed by atoms with van der Waals surface area (Å²) in [6.45, 7) is 2.44. The summed E-state index contributed by atoms with van der Waals surface area (Å²) in [5, 5.41) is 3.75. The smallest absolute Gasteiger partial charge is 0.320 e. The predicted octanol–water partition coefficient (Wildman–Crippen LogP) is 3.39. The quantitative estimate of drug-likeness (QED) is 0.852. The number of nitrogens with zero attached hydrogens (tertiary/aromatic N) is 2. The number of likely N-dealkylation sites (N-methyl/N-ethyl adjacent to an activating group) is 1. The fraction of sp³-hybridized carbons (Fsp3) is 0.600. The van der Waals surface area contributed by atoms with E-state index >= 15 is 0 Å². The minimum Gasteiger partial charge on any atom is -0.355 e. The van der Waals surface area contributed by atoms with E-state index in [-0.39, 0.29) is 30.8 Å². The van der Waals surface area contributed by atoms with Crippen molar-refractivity contribution in [3.8, 4) is 0 Å². The fourth-order valence-corrected chi connectivity index (χ4v) is 3.94. The molecule has 7 heteroatoms. The first kappa shape index (κ1) is 20.0. The van der Waals surface area contributed by atoms with Gasteiger partial charge in [0, 0.05) is 24.7 Å². The monoisotopic (exact) mass is 393 g/mol. The Kier molecular flexibility index (Phi) is 6.60. The zero-order valence-electron chi connectivity index (χ0n) is 16.0. The summed E-state index contributed by atoms with van der Waals surface area (Å²) in [6.07, 6.45) is 5.19. The van der Waals surface area contributed by atoms with E-state index in [1.165, 1.54) is 11.3 Å². The Morgan fingerprint density at radius 1 is 1.22 bits per heavy atom. The first-order chi connectivity index (χ1) is 13.0. The molecule has 0 radical (unpaired) electrons. The molecule has 1 N–H and O–H groups in total. The number of benzene rings is 1. The van der Waals surface area contributed by atoms with Crippen molar-refractivity contribution in [1.29, 1.82) is 0 Å². The number of urea groups is 1. The Bertz CT molecular complexity index is 661. The van der Waals surface area contributed by atoms with E-state index in [9.17, 15) is 9.59 Å². The minimum atomic E-state index is -0.606. The number of amides is 3. The lowest BCUT2D eigenvalue weighted by atomic mass is 9.96. The Labute approximate surface area is 165 Å². The first-order valence-electron chi connectivity index (χ1n) is 9.64. The van der Waals surface area contributed by atoms with E-state index in [4.69, 9.17) is 16.3 Å². The molecule has 0 aromatic heterocycles. The van der Waals surface area contributed by atoms with Gasteiger partial charge in [-0.3, -0.25) is 9.69 Å². The highest BCUT2D eigenvalue weighted by molar-refractivity contribution is 6.30. The maximum absolute atomic E-state index is 13.0. The molecule has 2 aliphatic rings. The zero-order valence-corrected chi connectivity index (χ0v) is 16.7. The van der Waals surface area contributed by atoms with Crippen molar-refractivity contribution in [3.05, 3.63) is 34.9 Å². The van der Waals surface area contributed by atoms with Crippen LogP contribution in [0.2, 0.25) is 5.02 Å². The molecule has 1 saturated carbocycles. The van der Waals surface area contributed by atoms with E-state index in [2.05, 4.69) is 5.32 Å². The van der Waals surface area contributed by atoms with Crippen LogP contribution in [0.4, 0.5) is 4.79 Å². The molecule has 148 valence electrons. The number of nitrogens with one attached hydrogen (secondary N) is 1. The van der Waals surface area contributed by atoms with Gasteiger partial charge in [-0.15, -0.1) is 0 Å². The van der Waals surface area contributed by atoms with Crippen LogP contribution in [0.5, 0.6) is 0 Å². The van der Waals surface area contributed by atoms with Gasteiger partial charge in [-0.2, -0.15) is 0 Å². The number of hydrogen-bond acceptors (Lipinski definition) is 3. The van der Waals surface area contributed by atoms with Crippen molar-refractivity contribution in [3.63, 3.8) is 0 Å². The van der Waals surface area contributed by atoms with Gasteiger partial charge in [0.05, 0.1) is 6.10 Å². The summed E-state index contributed by atoms with van der Waals surface area (Å²) in [4.78, 5) is 28.9. The van der Waals surface area contributed by atoms with Crippen LogP contribution >= 0.6 is 11.6 Å². The molecule has 1 aliphatic carbocycles. The first-order valence-corrected chi connectivity index (χ1v) is 10.0. The standard InChI is InChI=1S/C20H28ClN3O3/c1-14-18(19(25)23(2)12-15-8-10-16(21)11-9-15)24(13-27-14)20(26)22-17-6-4-3-5-7-17/h8-11,14,17-18H,3-7,12-13H2,1-2H3,(H,22,26)/t14-,18?/m1/s1. The van der Waals surface area contributed by atoms with Crippen molar-refractivity contribution < 1.29 is 14.3 Å². The number of rotatable bonds is 4. The maximum Gasteiger partial charge on any atom is 0.320 e. The summed E-state index contributed by atoms with van der Waals surface area (Å²) < 4.78 is 5.63. The summed E-state index contributed by atoms with van der Waals surface area (Å²) in [7, 11) is 1.75. The third-order valence-electron chi connectivity index (χ3n) is 5.41. The molecule has 3 rings (SSSR count). The minimum absolute atomic E-state index is 0.117. The van der Waals surface area contributed by atoms with Crippen molar-refractivity contribution in [1.82, 2.24) is 15.1 Å². The Hall–Kier alpha value is -1.79. The number of carbonyl (C=O) groups is 2. The van der Waals surface area contributed by atoms with Crippen LogP contribution in [0.15, 0.2) is 24.3 Å². The Balaban J connectivity index is 1.63. The fourth-order valence-electron chi connectivity index (χ4n) is 3.81. The van der Waals surface area contributed by atoms with Crippen molar-refractivity contribution in [2.45, 2.75) is 63.8 Å². The molecule has 1 aromatic rings. The second-order valence-corrected chi connectivity index (χ2v) is 7.96. The van der Waals surface area contributed by atoms with Crippen LogP contribution < -0.4 is 5.32 Å². The van der Waals surface area contributed by atoms with Crippen LogP contribution in [-0.2, 0) is 16.1 Å². The molecule has 0 bridgehead atoms. The maximum atomic E-state index is 13.0. The Morgan fingerprint density at radius 3 is 2.56 bits per heavy atom. The van der Waals surface area contributed by atoms with Crippen molar-refractivity contribution >= 4 is 23.5 Å². The molecule has 1 saturated heterocycles. The van der Waals surface area contributed by atoms with E-state index in [0.717, 1.165) is 31.2 Å². The van der Waals surface area contributed by atoms with Crippen LogP contribution in [0.3, 0.4) is 0 Å². The lowest BCUT2D eigenvalue weighted by molar-refractivity contribution is -0.135. The van der Waals surface area contributed by atoms with Gasteiger partial charge >= 0.3 is 6.03 Å². The second-order valence-electron chi connectivity index (χ2n) is 7.52. The number of carbonyl (C=O) groups excluding carboxylic acids is 2. The van der Waals surface area contributed by atoms with E-state index in [1.54, 1.807) is 24.1 Å². The summed E-state index contributed by atoms with van der Waals surface area (Å²) >= 11 is 5.92. The molecule has 2 fully saturated rings. The average molecular weight is 394 g/mol. The highest BCUT2D eigenvalue weighted by Gasteiger charge is 2.42. The van der Waals surface area contributed by atoms with Gasteiger partial charge < -0.3 is 15.0 Å². The number of ether oxygens (including phenoxy) is 1. The van der Waals surface area contributed by atoms with E-state index in [1.807, 2.05) is 19.1 Å². The Morgan fingerprint density at radius 2 is 1.89 bits per heavy atom. The lowest BCUT2D eigenvalue weighted by Gasteiger charge is -2.30. The van der Waals surface area contributed by atoms with Crippen LogP contribution in [0.25, 0.3) is 0 Å². The number of hydrogen-bond donors (Lipinski definition) is 1. The molecular weight excluding hydrogens is 366 g/mol. The van der Waals surface area contributed by atoms with Gasteiger partial charge in [-0.1, -0.05) is 43.0 Å². The van der Waals surface area contributed by atoms with Gasteiger partial charge in [0.25, 0.3) is 0 Å². The van der Waals surface area contributed by atoms with Crippen LogP contribution in [-0.4, -0.2) is 53.7 Å². The molecular formula is C20H28ClN3O3. The molecule has 27 heavy (non-hydrogen) atoms. The third kappa shape index (κ3) is 4.93. The molecule has 1 aromatic carbocycles.